The molecule has 1 rings (SSSR count). The number of hydrogen-bond donors (Lipinski definition) is 1. The zero-order valence-electron chi connectivity index (χ0n) is 6.58. The van der Waals surface area contributed by atoms with Crippen LogP contribution in [0.5, 0.6) is 0 Å². The number of rotatable bonds is 3. The fourth-order valence-corrected chi connectivity index (χ4v) is 1.30. The number of amides is 1. The first-order valence-corrected chi connectivity index (χ1v) is 3.65. The molecule has 1 saturated heterocycles. The standard InChI is InChI=1S/C7H13NO3/c1-10-4-6-5(7(8)9)2-3-11-6/h5-6H,2-4H2,1H3,(H2,8,9). The summed E-state index contributed by atoms with van der Waals surface area (Å²) in [5.41, 5.74) is 5.14. The molecule has 2 unspecified atom stereocenters. The molecule has 1 aliphatic rings. The summed E-state index contributed by atoms with van der Waals surface area (Å²) in [6.07, 6.45) is 0.598. The molecule has 0 aromatic carbocycles. The van der Waals surface area contributed by atoms with Crippen molar-refractivity contribution in [2.75, 3.05) is 20.3 Å². The molecular formula is C7H13NO3. The van der Waals surface area contributed by atoms with Gasteiger partial charge in [-0.05, 0) is 6.42 Å². The SMILES string of the molecule is COCC1OCCC1C(N)=O. The molecule has 0 aliphatic carbocycles. The molecule has 0 saturated carbocycles. The van der Waals surface area contributed by atoms with Gasteiger partial charge in [0.2, 0.25) is 5.91 Å². The third-order valence-corrected chi connectivity index (χ3v) is 1.91. The van der Waals surface area contributed by atoms with Gasteiger partial charge in [-0.25, -0.2) is 0 Å². The monoisotopic (exact) mass is 159 g/mol. The molecule has 0 aromatic heterocycles. The van der Waals surface area contributed by atoms with Crippen LogP contribution in [0.4, 0.5) is 0 Å². The average Bonchev–Trinajstić information content (AvgIpc) is 2.36. The highest BCUT2D eigenvalue weighted by Gasteiger charge is 2.32. The van der Waals surface area contributed by atoms with E-state index >= 15 is 0 Å². The number of carbonyl (C=O) groups excluding carboxylic acids is 1. The minimum Gasteiger partial charge on any atom is -0.382 e. The molecular weight excluding hydrogens is 146 g/mol. The van der Waals surface area contributed by atoms with Crippen LogP contribution >= 0.6 is 0 Å². The fraction of sp³-hybridized carbons (Fsp3) is 0.857. The summed E-state index contributed by atoms with van der Waals surface area (Å²) in [6.45, 7) is 1.06. The van der Waals surface area contributed by atoms with Gasteiger partial charge in [-0.3, -0.25) is 4.79 Å². The number of methoxy groups -OCH3 is 1. The van der Waals surface area contributed by atoms with E-state index in [2.05, 4.69) is 0 Å². The highest BCUT2D eigenvalue weighted by atomic mass is 16.5. The maximum atomic E-state index is 10.8. The lowest BCUT2D eigenvalue weighted by atomic mass is 10.0. The van der Waals surface area contributed by atoms with Gasteiger partial charge in [0, 0.05) is 13.7 Å². The summed E-state index contributed by atoms with van der Waals surface area (Å²) in [7, 11) is 1.58. The molecule has 1 heterocycles. The lowest BCUT2D eigenvalue weighted by Gasteiger charge is -2.13. The average molecular weight is 159 g/mol. The first kappa shape index (κ1) is 8.49. The molecule has 0 spiro atoms. The summed E-state index contributed by atoms with van der Waals surface area (Å²) >= 11 is 0. The third-order valence-electron chi connectivity index (χ3n) is 1.91. The normalized spacial score (nSPS) is 30.6. The van der Waals surface area contributed by atoms with Crippen LogP contribution in [0.2, 0.25) is 0 Å². The van der Waals surface area contributed by atoms with E-state index in [0.717, 1.165) is 6.42 Å². The van der Waals surface area contributed by atoms with Crippen LogP contribution in [0.15, 0.2) is 0 Å². The maximum Gasteiger partial charge on any atom is 0.223 e. The second-order valence-electron chi connectivity index (χ2n) is 2.66. The van der Waals surface area contributed by atoms with Crippen molar-refractivity contribution in [3.8, 4) is 0 Å². The fourth-order valence-electron chi connectivity index (χ4n) is 1.30. The molecule has 1 amide bonds. The second-order valence-corrected chi connectivity index (χ2v) is 2.66. The maximum absolute atomic E-state index is 10.8. The summed E-state index contributed by atoms with van der Waals surface area (Å²) in [6, 6.07) is 0. The van der Waals surface area contributed by atoms with Crippen molar-refractivity contribution >= 4 is 5.91 Å². The Kier molecular flexibility index (Phi) is 2.84. The van der Waals surface area contributed by atoms with Crippen LogP contribution in [0, 0.1) is 5.92 Å². The van der Waals surface area contributed by atoms with E-state index in [4.69, 9.17) is 15.2 Å². The number of nitrogens with two attached hydrogens (primary N) is 1. The smallest absolute Gasteiger partial charge is 0.223 e. The van der Waals surface area contributed by atoms with Gasteiger partial charge in [0.05, 0.1) is 18.6 Å². The van der Waals surface area contributed by atoms with Crippen molar-refractivity contribution in [2.45, 2.75) is 12.5 Å². The highest BCUT2D eigenvalue weighted by Crippen LogP contribution is 2.20. The van der Waals surface area contributed by atoms with Crippen LogP contribution in [-0.2, 0) is 14.3 Å². The molecule has 2 N–H and O–H groups in total. The van der Waals surface area contributed by atoms with Gasteiger partial charge in [0.25, 0.3) is 0 Å². The first-order chi connectivity index (χ1) is 5.25. The number of ether oxygens (including phenoxy) is 2. The van der Waals surface area contributed by atoms with Gasteiger partial charge in [0.1, 0.15) is 0 Å². The quantitative estimate of drug-likeness (QED) is 0.605. The molecule has 0 radical (unpaired) electrons. The molecule has 0 aromatic rings. The number of carbonyl (C=O) groups is 1. The Balaban J connectivity index is 2.44. The predicted molar refractivity (Wildman–Crippen MR) is 38.9 cm³/mol. The van der Waals surface area contributed by atoms with Gasteiger partial charge < -0.3 is 15.2 Å². The molecule has 2 atom stereocenters. The number of primary amides is 1. The van der Waals surface area contributed by atoms with Crippen LogP contribution < -0.4 is 5.73 Å². The molecule has 4 heteroatoms. The van der Waals surface area contributed by atoms with Crippen molar-refractivity contribution in [1.82, 2.24) is 0 Å². The van der Waals surface area contributed by atoms with Crippen molar-refractivity contribution in [1.29, 1.82) is 0 Å². The predicted octanol–water partition coefficient (Wildman–Crippen LogP) is -0.477. The Hall–Kier alpha value is -0.610. The summed E-state index contributed by atoms with van der Waals surface area (Å²) in [5.74, 6) is -0.445. The second kappa shape index (κ2) is 3.69. The lowest BCUT2D eigenvalue weighted by Crippen LogP contribution is -2.32. The van der Waals surface area contributed by atoms with Crippen LogP contribution in [0.25, 0.3) is 0 Å². The molecule has 1 aliphatic heterocycles. The lowest BCUT2D eigenvalue weighted by molar-refractivity contribution is -0.124. The van der Waals surface area contributed by atoms with Crippen molar-refractivity contribution in [2.24, 2.45) is 11.7 Å². The van der Waals surface area contributed by atoms with E-state index in [1.54, 1.807) is 7.11 Å². The van der Waals surface area contributed by atoms with E-state index in [1.807, 2.05) is 0 Å². The Bertz CT molecular complexity index is 149. The minimum atomic E-state index is -0.287. The molecule has 11 heavy (non-hydrogen) atoms. The molecule has 64 valence electrons. The third kappa shape index (κ3) is 1.91. The summed E-state index contributed by atoms with van der Waals surface area (Å²) < 4.78 is 10.1. The number of hydrogen-bond acceptors (Lipinski definition) is 3. The van der Waals surface area contributed by atoms with E-state index < -0.39 is 0 Å². The van der Waals surface area contributed by atoms with E-state index in [1.165, 1.54) is 0 Å². The van der Waals surface area contributed by atoms with Gasteiger partial charge in [-0.2, -0.15) is 0 Å². The molecule has 0 bridgehead atoms. The Morgan fingerprint density at radius 2 is 2.55 bits per heavy atom. The van der Waals surface area contributed by atoms with E-state index in [-0.39, 0.29) is 17.9 Å². The largest absolute Gasteiger partial charge is 0.382 e. The van der Waals surface area contributed by atoms with Crippen molar-refractivity contribution in [3.63, 3.8) is 0 Å². The van der Waals surface area contributed by atoms with Crippen molar-refractivity contribution in [3.05, 3.63) is 0 Å². The summed E-state index contributed by atoms with van der Waals surface area (Å²) in [5, 5.41) is 0. The van der Waals surface area contributed by atoms with Gasteiger partial charge in [-0.15, -0.1) is 0 Å². The highest BCUT2D eigenvalue weighted by molar-refractivity contribution is 5.77. The topological polar surface area (TPSA) is 61.6 Å². The summed E-state index contributed by atoms with van der Waals surface area (Å²) in [4.78, 5) is 10.8. The van der Waals surface area contributed by atoms with Gasteiger partial charge in [-0.1, -0.05) is 0 Å². The molecule has 4 nitrogen and oxygen atoms in total. The Morgan fingerprint density at radius 1 is 1.82 bits per heavy atom. The first-order valence-electron chi connectivity index (χ1n) is 3.65. The van der Waals surface area contributed by atoms with Gasteiger partial charge in [0.15, 0.2) is 0 Å². The van der Waals surface area contributed by atoms with Gasteiger partial charge >= 0.3 is 0 Å². The van der Waals surface area contributed by atoms with Crippen LogP contribution in [-0.4, -0.2) is 32.3 Å². The zero-order valence-corrected chi connectivity index (χ0v) is 6.58. The van der Waals surface area contributed by atoms with Crippen LogP contribution in [0.1, 0.15) is 6.42 Å². The molecule has 1 fully saturated rings. The van der Waals surface area contributed by atoms with Crippen molar-refractivity contribution < 1.29 is 14.3 Å². The van der Waals surface area contributed by atoms with E-state index in [0.29, 0.717) is 13.2 Å². The Morgan fingerprint density at radius 3 is 3.09 bits per heavy atom. The minimum absolute atomic E-state index is 0.127. The van der Waals surface area contributed by atoms with E-state index in [9.17, 15) is 4.79 Å². The Labute approximate surface area is 65.7 Å². The zero-order chi connectivity index (χ0) is 8.27. The van der Waals surface area contributed by atoms with Crippen LogP contribution in [0.3, 0.4) is 0 Å².